The zero-order valence-corrected chi connectivity index (χ0v) is 12.7. The van der Waals surface area contributed by atoms with Crippen molar-refractivity contribution in [1.82, 2.24) is 10.6 Å². The highest BCUT2D eigenvalue weighted by Crippen LogP contribution is 2.23. The maximum Gasteiger partial charge on any atom is 0.0946 e. The standard InChI is InChI=1S/C13H24N2Si/c1-3-14-13(10-11-16,15-4-2)12-8-6-5-7-9-12/h5-9,14-15H,3-4,10-11H2,1-2,16H3. The molecule has 0 unspecified atom stereocenters. The SMILES string of the molecule is CCNC(CC[SiH3])(NCC)c1ccccc1. The zero-order valence-electron chi connectivity index (χ0n) is 10.7. The van der Waals surface area contributed by atoms with Gasteiger partial charge in [0.15, 0.2) is 0 Å². The van der Waals surface area contributed by atoms with Crippen molar-refractivity contribution in [1.29, 1.82) is 0 Å². The highest BCUT2D eigenvalue weighted by molar-refractivity contribution is 6.08. The smallest absolute Gasteiger partial charge is 0.0946 e. The van der Waals surface area contributed by atoms with E-state index in [0.717, 1.165) is 13.1 Å². The van der Waals surface area contributed by atoms with Gasteiger partial charge in [-0.15, -0.1) is 0 Å². The first-order valence-corrected chi connectivity index (χ1v) is 7.76. The van der Waals surface area contributed by atoms with E-state index in [1.165, 1.54) is 28.3 Å². The van der Waals surface area contributed by atoms with E-state index < -0.39 is 0 Å². The van der Waals surface area contributed by atoms with Gasteiger partial charge in [0.25, 0.3) is 0 Å². The van der Waals surface area contributed by atoms with Crippen molar-refractivity contribution >= 4 is 10.2 Å². The second-order valence-electron chi connectivity index (χ2n) is 4.08. The Morgan fingerprint density at radius 1 is 1.06 bits per heavy atom. The Hall–Kier alpha value is -0.643. The Balaban J connectivity index is 2.99. The molecule has 0 spiro atoms. The first kappa shape index (κ1) is 13.4. The molecule has 3 heteroatoms. The van der Waals surface area contributed by atoms with Crippen LogP contribution >= 0.6 is 0 Å². The van der Waals surface area contributed by atoms with Gasteiger partial charge in [-0.25, -0.2) is 0 Å². The maximum absolute atomic E-state index is 3.63. The summed E-state index contributed by atoms with van der Waals surface area (Å²) in [4.78, 5) is 0. The number of hydrogen-bond donors (Lipinski definition) is 2. The molecule has 0 amide bonds. The van der Waals surface area contributed by atoms with Crippen molar-refractivity contribution in [3.63, 3.8) is 0 Å². The summed E-state index contributed by atoms with van der Waals surface area (Å²) in [6.07, 6.45) is 1.17. The number of rotatable bonds is 7. The van der Waals surface area contributed by atoms with Crippen LogP contribution in [0.3, 0.4) is 0 Å². The monoisotopic (exact) mass is 236 g/mol. The molecule has 2 nitrogen and oxygen atoms in total. The number of hydrogen-bond acceptors (Lipinski definition) is 2. The largest absolute Gasteiger partial charge is 0.296 e. The topological polar surface area (TPSA) is 24.1 Å². The predicted octanol–water partition coefficient (Wildman–Crippen LogP) is 1.23. The second-order valence-corrected chi connectivity index (χ2v) is 5.08. The Morgan fingerprint density at radius 2 is 1.62 bits per heavy atom. The fraction of sp³-hybridized carbons (Fsp3) is 0.538. The first-order chi connectivity index (χ1) is 7.79. The summed E-state index contributed by atoms with van der Waals surface area (Å²) < 4.78 is 0. The van der Waals surface area contributed by atoms with E-state index in [1.54, 1.807) is 0 Å². The van der Waals surface area contributed by atoms with Crippen molar-refractivity contribution in [3.05, 3.63) is 35.9 Å². The molecular formula is C13H24N2Si. The second kappa shape index (κ2) is 6.84. The van der Waals surface area contributed by atoms with Crippen LogP contribution in [0.25, 0.3) is 0 Å². The molecule has 0 heterocycles. The summed E-state index contributed by atoms with van der Waals surface area (Å²) in [7, 11) is 1.26. The molecule has 0 aliphatic carbocycles. The molecule has 0 atom stereocenters. The molecule has 16 heavy (non-hydrogen) atoms. The Labute approximate surface area is 102 Å². The summed E-state index contributed by atoms with van der Waals surface area (Å²) in [6.45, 7) is 6.32. The maximum atomic E-state index is 3.63. The highest BCUT2D eigenvalue weighted by atomic mass is 28.1. The molecule has 0 aliphatic heterocycles. The summed E-state index contributed by atoms with van der Waals surface area (Å²) in [6, 6.07) is 12.0. The van der Waals surface area contributed by atoms with E-state index in [4.69, 9.17) is 0 Å². The van der Waals surface area contributed by atoms with Gasteiger partial charge in [-0.3, -0.25) is 10.6 Å². The van der Waals surface area contributed by atoms with Gasteiger partial charge in [0.1, 0.15) is 0 Å². The molecule has 0 fully saturated rings. The van der Waals surface area contributed by atoms with Crippen molar-refractivity contribution in [2.75, 3.05) is 13.1 Å². The van der Waals surface area contributed by atoms with Gasteiger partial charge < -0.3 is 0 Å². The van der Waals surface area contributed by atoms with Gasteiger partial charge in [0.05, 0.1) is 5.66 Å². The van der Waals surface area contributed by atoms with E-state index >= 15 is 0 Å². The predicted molar refractivity (Wildman–Crippen MR) is 74.8 cm³/mol. The third kappa shape index (κ3) is 3.17. The van der Waals surface area contributed by atoms with E-state index in [9.17, 15) is 0 Å². The summed E-state index contributed by atoms with van der Waals surface area (Å²) in [5, 5.41) is 7.25. The molecule has 0 saturated heterocycles. The molecule has 0 radical (unpaired) electrons. The fourth-order valence-electron chi connectivity index (χ4n) is 2.29. The van der Waals surface area contributed by atoms with Crippen LogP contribution in [0.4, 0.5) is 0 Å². The molecule has 2 N–H and O–H groups in total. The van der Waals surface area contributed by atoms with Crippen molar-refractivity contribution in [2.24, 2.45) is 0 Å². The minimum Gasteiger partial charge on any atom is -0.296 e. The van der Waals surface area contributed by atoms with E-state index in [-0.39, 0.29) is 5.66 Å². The number of nitrogens with one attached hydrogen (secondary N) is 2. The summed E-state index contributed by atoms with van der Waals surface area (Å²) in [5.41, 5.74) is 1.33. The average Bonchev–Trinajstić information content (AvgIpc) is 2.31. The lowest BCUT2D eigenvalue weighted by Gasteiger charge is -2.36. The molecule has 90 valence electrons. The van der Waals surface area contributed by atoms with Crippen LogP contribution in [-0.4, -0.2) is 23.3 Å². The minimum absolute atomic E-state index is 0.0213. The zero-order chi connectivity index (χ0) is 11.9. The highest BCUT2D eigenvalue weighted by Gasteiger charge is 2.28. The van der Waals surface area contributed by atoms with Crippen molar-refractivity contribution in [2.45, 2.75) is 32.0 Å². The summed E-state index contributed by atoms with van der Waals surface area (Å²) >= 11 is 0. The lowest BCUT2D eigenvalue weighted by Crippen LogP contribution is -2.53. The minimum atomic E-state index is -0.0213. The van der Waals surface area contributed by atoms with Gasteiger partial charge >= 0.3 is 0 Å². The molecule has 1 rings (SSSR count). The molecule has 0 aliphatic rings. The van der Waals surface area contributed by atoms with Crippen molar-refractivity contribution in [3.8, 4) is 0 Å². The Bertz CT molecular complexity index is 270. The Morgan fingerprint density at radius 3 is 2.06 bits per heavy atom. The van der Waals surface area contributed by atoms with E-state index in [0.29, 0.717) is 0 Å². The summed E-state index contributed by atoms with van der Waals surface area (Å²) in [5.74, 6) is 0. The van der Waals surface area contributed by atoms with E-state index in [1.807, 2.05) is 0 Å². The molecular weight excluding hydrogens is 212 g/mol. The van der Waals surface area contributed by atoms with Crippen LogP contribution < -0.4 is 10.6 Å². The fourth-order valence-corrected chi connectivity index (χ4v) is 3.04. The quantitative estimate of drug-likeness (QED) is 0.550. The van der Waals surface area contributed by atoms with Gasteiger partial charge in [-0.2, -0.15) is 0 Å². The van der Waals surface area contributed by atoms with Crippen LogP contribution in [0.15, 0.2) is 30.3 Å². The van der Waals surface area contributed by atoms with Crippen LogP contribution in [0.5, 0.6) is 0 Å². The lowest BCUT2D eigenvalue weighted by atomic mass is 9.96. The molecule has 1 aromatic rings. The van der Waals surface area contributed by atoms with Crippen LogP contribution in [0, 0.1) is 0 Å². The first-order valence-electron chi connectivity index (χ1n) is 6.34. The van der Waals surface area contributed by atoms with Crippen LogP contribution in [-0.2, 0) is 5.66 Å². The average molecular weight is 236 g/mol. The third-order valence-corrected chi connectivity index (χ3v) is 3.35. The van der Waals surface area contributed by atoms with Gasteiger partial charge in [-0.1, -0.05) is 50.2 Å². The van der Waals surface area contributed by atoms with Crippen LogP contribution in [0.1, 0.15) is 25.8 Å². The lowest BCUT2D eigenvalue weighted by molar-refractivity contribution is 0.260. The molecule has 0 saturated carbocycles. The van der Waals surface area contributed by atoms with Crippen molar-refractivity contribution < 1.29 is 0 Å². The molecule has 1 aromatic carbocycles. The van der Waals surface area contributed by atoms with Gasteiger partial charge in [0.2, 0.25) is 0 Å². The molecule has 0 bridgehead atoms. The Kier molecular flexibility index (Phi) is 5.73. The third-order valence-electron chi connectivity index (χ3n) is 2.85. The normalized spacial score (nSPS) is 11.9. The van der Waals surface area contributed by atoms with E-state index in [2.05, 4.69) is 54.8 Å². The molecule has 0 aromatic heterocycles. The van der Waals surface area contributed by atoms with Crippen LogP contribution in [0.2, 0.25) is 6.04 Å². The van der Waals surface area contributed by atoms with Gasteiger partial charge in [0, 0.05) is 10.2 Å². The number of benzene rings is 1. The van der Waals surface area contributed by atoms with Gasteiger partial charge in [-0.05, 0) is 25.1 Å².